The molecule has 0 aliphatic rings. The predicted octanol–water partition coefficient (Wildman–Crippen LogP) is 3.96. The standard InChI is InChI=1S/C10H12O4S.C10H12O2S.C2H4O2.H2O2/c1-3-14-10(11)8-6-4-5-7-9(8)15(2,12)13;1-3-12-10(11)8-6-4-5-7-9(8)13-2;1-2(3)4;1-2/h4-7H,3H2,1-2H3;4-7H,3H2,1-2H3;1H3,(H,3,4);1-2H. The van der Waals surface area contributed by atoms with E-state index in [4.69, 9.17) is 29.9 Å². The number of hydrogen-bond donors (Lipinski definition) is 3. The Labute approximate surface area is 203 Å². The molecule has 0 aliphatic carbocycles. The van der Waals surface area contributed by atoms with E-state index in [1.807, 2.05) is 24.5 Å². The van der Waals surface area contributed by atoms with Crippen molar-refractivity contribution in [3.8, 4) is 0 Å². The second-order valence-corrected chi connectivity index (χ2v) is 8.76. The summed E-state index contributed by atoms with van der Waals surface area (Å²) >= 11 is 1.55. The summed E-state index contributed by atoms with van der Waals surface area (Å²) in [5.41, 5.74) is 0.735. The Kier molecular flexibility index (Phi) is 18.1. The lowest BCUT2D eigenvalue weighted by Crippen LogP contribution is -2.10. The fourth-order valence-corrected chi connectivity index (χ4v) is 3.65. The van der Waals surface area contributed by atoms with Crippen LogP contribution in [0.25, 0.3) is 0 Å². The van der Waals surface area contributed by atoms with Crippen LogP contribution in [0.5, 0.6) is 0 Å². The van der Waals surface area contributed by atoms with Gasteiger partial charge in [0.25, 0.3) is 5.97 Å². The normalized spacial score (nSPS) is 9.50. The minimum absolute atomic E-state index is 0.00319. The van der Waals surface area contributed by atoms with Crippen molar-refractivity contribution in [2.75, 3.05) is 25.7 Å². The maximum atomic E-state index is 11.4. The van der Waals surface area contributed by atoms with Gasteiger partial charge in [0.15, 0.2) is 9.84 Å². The molecule has 0 saturated heterocycles. The number of sulfone groups is 1. The Morgan fingerprint density at radius 3 is 1.65 bits per heavy atom. The van der Waals surface area contributed by atoms with E-state index < -0.39 is 21.8 Å². The average molecular weight is 519 g/mol. The van der Waals surface area contributed by atoms with E-state index in [1.54, 1.807) is 43.8 Å². The fraction of sp³-hybridized carbons (Fsp3) is 0.318. The molecule has 10 nitrogen and oxygen atoms in total. The van der Waals surface area contributed by atoms with E-state index in [9.17, 15) is 18.0 Å². The molecule has 3 N–H and O–H groups in total. The number of carbonyl (C=O) groups is 3. The molecule has 0 heterocycles. The van der Waals surface area contributed by atoms with Crippen molar-refractivity contribution in [3.63, 3.8) is 0 Å². The van der Waals surface area contributed by atoms with Gasteiger partial charge in [-0.3, -0.25) is 15.3 Å². The Bertz CT molecular complexity index is 1000. The van der Waals surface area contributed by atoms with Crippen LogP contribution in [0, 0.1) is 0 Å². The molecule has 34 heavy (non-hydrogen) atoms. The number of carbonyl (C=O) groups excluding carboxylic acids is 2. The minimum Gasteiger partial charge on any atom is -0.481 e. The van der Waals surface area contributed by atoms with Gasteiger partial charge in [0.1, 0.15) is 0 Å². The van der Waals surface area contributed by atoms with Crippen LogP contribution in [0.2, 0.25) is 0 Å². The average Bonchev–Trinajstić information content (AvgIpc) is 2.80. The Morgan fingerprint density at radius 1 is 0.853 bits per heavy atom. The van der Waals surface area contributed by atoms with Crippen molar-refractivity contribution in [1.29, 1.82) is 0 Å². The van der Waals surface area contributed by atoms with Crippen LogP contribution in [0.4, 0.5) is 0 Å². The first-order valence-electron chi connectivity index (χ1n) is 9.65. The van der Waals surface area contributed by atoms with Crippen LogP contribution in [-0.2, 0) is 24.1 Å². The number of benzene rings is 2. The van der Waals surface area contributed by atoms with Crippen molar-refractivity contribution in [2.45, 2.75) is 30.6 Å². The lowest BCUT2D eigenvalue weighted by molar-refractivity contribution is -0.176. The zero-order chi connectivity index (χ0) is 26.7. The largest absolute Gasteiger partial charge is 0.481 e. The van der Waals surface area contributed by atoms with Gasteiger partial charge in [0.05, 0.1) is 29.2 Å². The van der Waals surface area contributed by atoms with Crippen LogP contribution >= 0.6 is 11.8 Å². The van der Waals surface area contributed by atoms with Crippen LogP contribution < -0.4 is 0 Å². The van der Waals surface area contributed by atoms with Gasteiger partial charge in [-0.2, -0.15) is 0 Å². The number of ether oxygens (including phenoxy) is 2. The fourth-order valence-electron chi connectivity index (χ4n) is 2.19. The van der Waals surface area contributed by atoms with E-state index in [2.05, 4.69) is 0 Å². The molecule has 0 spiro atoms. The Balaban J connectivity index is 0. The second kappa shape index (κ2) is 18.5. The molecule has 0 bridgehead atoms. The summed E-state index contributed by atoms with van der Waals surface area (Å²) in [5.74, 6) is -1.69. The Hall–Kier alpha value is -2.93. The van der Waals surface area contributed by atoms with Crippen LogP contribution in [0.15, 0.2) is 58.3 Å². The zero-order valence-electron chi connectivity index (χ0n) is 19.5. The van der Waals surface area contributed by atoms with Crippen molar-refractivity contribution in [2.24, 2.45) is 0 Å². The highest BCUT2D eigenvalue weighted by atomic mass is 32.2. The van der Waals surface area contributed by atoms with Gasteiger partial charge in [-0.15, -0.1) is 11.8 Å². The first-order valence-corrected chi connectivity index (χ1v) is 12.8. The molecule has 2 aromatic rings. The third-order valence-corrected chi connectivity index (χ3v) is 5.33. The first kappa shape index (κ1) is 33.2. The Morgan fingerprint density at radius 2 is 1.24 bits per heavy atom. The SMILES string of the molecule is CC(=O)O.CCOC(=O)c1ccccc1S(C)(=O)=O.CCOC(=O)c1ccccc1SC.OO. The molecule has 0 fully saturated rings. The van der Waals surface area contributed by atoms with E-state index >= 15 is 0 Å². The van der Waals surface area contributed by atoms with Gasteiger partial charge < -0.3 is 14.6 Å². The first-order chi connectivity index (χ1) is 16.0. The molecular formula is C22H30O10S2. The van der Waals surface area contributed by atoms with Crippen LogP contribution in [-0.4, -0.2) is 67.7 Å². The van der Waals surface area contributed by atoms with Gasteiger partial charge in [0, 0.05) is 18.1 Å². The summed E-state index contributed by atoms with van der Waals surface area (Å²) < 4.78 is 32.4. The molecule has 190 valence electrons. The number of hydrogen-bond acceptors (Lipinski definition) is 10. The number of aliphatic carboxylic acids is 1. The zero-order valence-corrected chi connectivity index (χ0v) is 21.2. The summed E-state index contributed by atoms with van der Waals surface area (Å²) in [6, 6.07) is 13.4. The van der Waals surface area contributed by atoms with Crippen LogP contribution in [0.1, 0.15) is 41.5 Å². The predicted molar refractivity (Wildman–Crippen MR) is 128 cm³/mol. The number of carboxylic acids is 1. The molecule has 0 amide bonds. The summed E-state index contributed by atoms with van der Waals surface area (Å²) in [6.07, 6.45) is 3.00. The minimum atomic E-state index is -3.40. The van der Waals surface area contributed by atoms with Crippen molar-refractivity contribution in [1.82, 2.24) is 0 Å². The maximum absolute atomic E-state index is 11.4. The number of esters is 2. The summed E-state index contributed by atoms with van der Waals surface area (Å²) in [6.45, 7) is 5.19. The molecule has 0 aromatic heterocycles. The highest BCUT2D eigenvalue weighted by molar-refractivity contribution is 7.98. The summed E-state index contributed by atoms with van der Waals surface area (Å²) in [5, 5.41) is 19.4. The maximum Gasteiger partial charge on any atom is 0.339 e. The molecule has 12 heteroatoms. The molecular weight excluding hydrogens is 488 g/mol. The quantitative estimate of drug-likeness (QED) is 0.219. The van der Waals surface area contributed by atoms with Crippen LogP contribution in [0.3, 0.4) is 0 Å². The third-order valence-electron chi connectivity index (χ3n) is 3.38. The lowest BCUT2D eigenvalue weighted by Gasteiger charge is -2.06. The topological polar surface area (TPSA) is 164 Å². The molecule has 0 aliphatic heterocycles. The second-order valence-electron chi connectivity index (χ2n) is 5.93. The van der Waals surface area contributed by atoms with Gasteiger partial charge in [0.2, 0.25) is 0 Å². The van der Waals surface area contributed by atoms with Crippen molar-refractivity contribution in [3.05, 3.63) is 59.7 Å². The van der Waals surface area contributed by atoms with Crippen molar-refractivity contribution >= 4 is 39.5 Å². The van der Waals surface area contributed by atoms with E-state index in [0.29, 0.717) is 12.2 Å². The number of carboxylic acid groups (broad SMARTS) is 1. The van der Waals surface area contributed by atoms with Gasteiger partial charge in [-0.25, -0.2) is 18.0 Å². The highest BCUT2D eigenvalue weighted by Crippen LogP contribution is 2.20. The molecule has 0 saturated carbocycles. The highest BCUT2D eigenvalue weighted by Gasteiger charge is 2.18. The number of thioether (sulfide) groups is 1. The van der Waals surface area contributed by atoms with E-state index in [1.165, 1.54) is 12.1 Å². The van der Waals surface area contributed by atoms with Gasteiger partial charge in [-0.1, -0.05) is 24.3 Å². The number of rotatable bonds is 6. The summed E-state index contributed by atoms with van der Waals surface area (Å²) in [7, 11) is -3.40. The van der Waals surface area contributed by atoms with Gasteiger partial charge >= 0.3 is 11.9 Å². The van der Waals surface area contributed by atoms with E-state index in [-0.39, 0.29) is 23.0 Å². The molecule has 2 aromatic carbocycles. The third kappa shape index (κ3) is 13.6. The van der Waals surface area contributed by atoms with E-state index in [0.717, 1.165) is 18.1 Å². The van der Waals surface area contributed by atoms with Gasteiger partial charge in [-0.05, 0) is 44.4 Å². The lowest BCUT2D eigenvalue weighted by atomic mass is 10.2. The molecule has 0 radical (unpaired) electrons. The monoisotopic (exact) mass is 518 g/mol. The molecule has 2 rings (SSSR count). The van der Waals surface area contributed by atoms with Crippen molar-refractivity contribution < 1.29 is 47.9 Å². The molecule has 0 unspecified atom stereocenters. The summed E-state index contributed by atoms with van der Waals surface area (Å²) in [4.78, 5) is 32.8. The smallest absolute Gasteiger partial charge is 0.339 e. The molecule has 0 atom stereocenters.